The minimum Gasteiger partial charge on any atom is -0.381 e. The van der Waals surface area contributed by atoms with Crippen LogP contribution in [-0.4, -0.2) is 28.2 Å². The Hall–Kier alpha value is -1.61. The van der Waals surface area contributed by atoms with Gasteiger partial charge in [0.25, 0.3) is 0 Å². The molecule has 0 saturated carbocycles. The van der Waals surface area contributed by atoms with E-state index in [1.165, 1.54) is 11.0 Å². The van der Waals surface area contributed by atoms with Crippen LogP contribution in [0.5, 0.6) is 0 Å². The molecule has 0 radical (unpaired) electrons. The van der Waals surface area contributed by atoms with E-state index >= 15 is 0 Å². The summed E-state index contributed by atoms with van der Waals surface area (Å²) in [4.78, 5) is 1.46. The monoisotopic (exact) mass is 181 g/mol. The number of nitriles is 1. The number of anilines is 1. The lowest BCUT2D eigenvalue weighted by atomic mass is 10.5. The Morgan fingerprint density at radius 1 is 1.62 bits per heavy atom. The second kappa shape index (κ2) is 5.11. The fourth-order valence-corrected chi connectivity index (χ4v) is 0.785. The van der Waals surface area contributed by atoms with Gasteiger partial charge in [0.1, 0.15) is 0 Å². The normalized spacial score (nSPS) is 9.77. The van der Waals surface area contributed by atoms with Crippen LogP contribution in [0.2, 0.25) is 0 Å². The zero-order chi connectivity index (χ0) is 9.52. The van der Waals surface area contributed by atoms with E-state index in [9.17, 15) is 0 Å². The highest BCUT2D eigenvalue weighted by Crippen LogP contribution is 1.90. The molecule has 2 N–H and O–H groups in total. The number of rotatable bonds is 5. The van der Waals surface area contributed by atoms with Crippen molar-refractivity contribution in [2.24, 2.45) is 0 Å². The molecule has 0 amide bonds. The van der Waals surface area contributed by atoms with Gasteiger partial charge in [-0.3, -0.25) is 0 Å². The molecular weight excluding hydrogens is 170 g/mol. The molecule has 0 atom stereocenters. The minimum absolute atomic E-state index is 0.400. The maximum atomic E-state index is 8.21. The Bertz CT molecular complexity index is 289. The van der Waals surface area contributed by atoms with Crippen molar-refractivity contribution < 1.29 is 4.74 Å². The molecule has 1 aromatic rings. The highest BCUT2D eigenvalue weighted by Gasteiger charge is 1.95. The summed E-state index contributed by atoms with van der Waals surface area (Å²) >= 11 is 0. The predicted molar refractivity (Wildman–Crippen MR) is 45.5 cm³/mol. The molecule has 6 nitrogen and oxygen atoms in total. The second-order valence-corrected chi connectivity index (χ2v) is 2.39. The van der Waals surface area contributed by atoms with Gasteiger partial charge in [-0.25, -0.2) is 0 Å². The summed E-state index contributed by atoms with van der Waals surface area (Å²) in [6.45, 7) is 1.51. The third-order valence-electron chi connectivity index (χ3n) is 1.35. The van der Waals surface area contributed by atoms with E-state index in [1.807, 2.05) is 6.07 Å². The standard InChI is InChI=1S/C7H11N5O/c8-2-1-4-13-5-3-12-10-6-7(9)11-12/h6H,1,3-5H2,(H2,9,11). The van der Waals surface area contributed by atoms with Crippen LogP contribution in [0.3, 0.4) is 0 Å². The fraction of sp³-hybridized carbons (Fsp3) is 0.571. The van der Waals surface area contributed by atoms with Gasteiger partial charge in [-0.1, -0.05) is 0 Å². The van der Waals surface area contributed by atoms with Crippen molar-refractivity contribution in [2.45, 2.75) is 13.0 Å². The summed E-state index contributed by atoms with van der Waals surface area (Å²) in [7, 11) is 0. The van der Waals surface area contributed by atoms with Crippen molar-refractivity contribution in [1.29, 1.82) is 5.26 Å². The number of aromatic nitrogens is 3. The number of nitrogens with zero attached hydrogens (tertiary/aromatic N) is 4. The largest absolute Gasteiger partial charge is 0.381 e. The fourth-order valence-electron chi connectivity index (χ4n) is 0.785. The number of nitrogen functional groups attached to an aromatic ring is 1. The van der Waals surface area contributed by atoms with Gasteiger partial charge in [-0.05, 0) is 0 Å². The molecule has 6 heteroatoms. The van der Waals surface area contributed by atoms with Crippen molar-refractivity contribution in [3.8, 4) is 6.07 Å². The lowest BCUT2D eigenvalue weighted by molar-refractivity contribution is 0.125. The van der Waals surface area contributed by atoms with Crippen molar-refractivity contribution >= 4 is 5.82 Å². The molecule has 0 aliphatic rings. The summed E-state index contributed by atoms with van der Waals surface area (Å²) < 4.78 is 5.12. The molecule has 0 unspecified atom stereocenters. The lowest BCUT2D eigenvalue weighted by Crippen LogP contribution is -2.09. The molecule has 1 rings (SSSR count). The molecule has 1 heterocycles. The Kier molecular flexibility index (Phi) is 3.73. The molecule has 70 valence electrons. The van der Waals surface area contributed by atoms with E-state index in [-0.39, 0.29) is 0 Å². The Balaban J connectivity index is 2.10. The van der Waals surface area contributed by atoms with E-state index in [0.29, 0.717) is 32.0 Å². The van der Waals surface area contributed by atoms with Crippen molar-refractivity contribution in [1.82, 2.24) is 15.0 Å². The van der Waals surface area contributed by atoms with Crippen LogP contribution in [0.15, 0.2) is 6.20 Å². The minimum atomic E-state index is 0.400. The lowest BCUT2D eigenvalue weighted by Gasteiger charge is -1.99. The van der Waals surface area contributed by atoms with Crippen molar-refractivity contribution in [2.75, 3.05) is 18.9 Å². The quantitative estimate of drug-likeness (QED) is 0.635. The van der Waals surface area contributed by atoms with E-state index in [1.54, 1.807) is 0 Å². The zero-order valence-electron chi connectivity index (χ0n) is 7.18. The maximum absolute atomic E-state index is 8.21. The van der Waals surface area contributed by atoms with Gasteiger partial charge in [0.15, 0.2) is 5.82 Å². The highest BCUT2D eigenvalue weighted by atomic mass is 16.5. The van der Waals surface area contributed by atoms with Gasteiger partial charge < -0.3 is 10.5 Å². The maximum Gasteiger partial charge on any atom is 0.165 e. The van der Waals surface area contributed by atoms with Crippen LogP contribution in [-0.2, 0) is 11.3 Å². The van der Waals surface area contributed by atoms with Crippen molar-refractivity contribution in [3.63, 3.8) is 0 Å². The average Bonchev–Trinajstić information content (AvgIpc) is 2.51. The van der Waals surface area contributed by atoms with E-state index in [0.717, 1.165) is 0 Å². The van der Waals surface area contributed by atoms with Crippen LogP contribution < -0.4 is 5.73 Å². The topological polar surface area (TPSA) is 89.8 Å². The van der Waals surface area contributed by atoms with E-state index in [4.69, 9.17) is 15.7 Å². The van der Waals surface area contributed by atoms with Crippen LogP contribution in [0.1, 0.15) is 6.42 Å². The van der Waals surface area contributed by atoms with E-state index in [2.05, 4.69) is 10.2 Å². The SMILES string of the molecule is N#CCCOCCn1ncc(N)n1. The molecule has 0 fully saturated rings. The van der Waals surface area contributed by atoms with Crippen LogP contribution >= 0.6 is 0 Å². The predicted octanol–water partition coefficient (Wildman–Crippen LogP) is -0.209. The smallest absolute Gasteiger partial charge is 0.165 e. The van der Waals surface area contributed by atoms with Gasteiger partial charge in [-0.15, -0.1) is 5.10 Å². The molecule has 13 heavy (non-hydrogen) atoms. The highest BCUT2D eigenvalue weighted by molar-refractivity contribution is 5.19. The number of hydrogen-bond donors (Lipinski definition) is 1. The molecule has 0 aromatic carbocycles. The third-order valence-corrected chi connectivity index (χ3v) is 1.35. The first-order valence-corrected chi connectivity index (χ1v) is 3.93. The summed E-state index contributed by atoms with van der Waals surface area (Å²) in [6, 6.07) is 1.99. The number of nitrogens with two attached hydrogens (primary N) is 1. The Morgan fingerprint density at radius 2 is 2.46 bits per heavy atom. The first kappa shape index (κ1) is 9.48. The van der Waals surface area contributed by atoms with Gasteiger partial charge in [-0.2, -0.15) is 15.2 Å². The van der Waals surface area contributed by atoms with Gasteiger partial charge in [0.2, 0.25) is 0 Å². The molecule has 0 bridgehead atoms. The number of hydrogen-bond acceptors (Lipinski definition) is 5. The van der Waals surface area contributed by atoms with E-state index < -0.39 is 0 Å². The van der Waals surface area contributed by atoms with Crippen LogP contribution in [0.25, 0.3) is 0 Å². The Morgan fingerprint density at radius 3 is 3.08 bits per heavy atom. The first-order valence-electron chi connectivity index (χ1n) is 3.93. The molecule has 0 aliphatic carbocycles. The summed E-state index contributed by atoms with van der Waals surface area (Å²) in [5, 5.41) is 15.9. The Labute approximate surface area is 75.9 Å². The summed E-state index contributed by atoms with van der Waals surface area (Å²) in [5.41, 5.74) is 5.35. The first-order chi connectivity index (χ1) is 6.33. The van der Waals surface area contributed by atoms with Crippen LogP contribution in [0.4, 0.5) is 5.82 Å². The molecule has 0 spiro atoms. The number of ether oxygens (including phenoxy) is 1. The van der Waals surface area contributed by atoms with Gasteiger partial charge in [0, 0.05) is 0 Å². The van der Waals surface area contributed by atoms with Gasteiger partial charge in [0.05, 0.1) is 38.4 Å². The van der Waals surface area contributed by atoms with Crippen LogP contribution in [0, 0.1) is 11.3 Å². The zero-order valence-corrected chi connectivity index (χ0v) is 7.18. The summed E-state index contributed by atoms with van der Waals surface area (Å²) in [5.74, 6) is 0.400. The summed E-state index contributed by atoms with van der Waals surface area (Å²) in [6.07, 6.45) is 1.89. The third kappa shape index (κ3) is 3.53. The molecule has 0 saturated heterocycles. The molecule has 1 aromatic heterocycles. The molecule has 0 aliphatic heterocycles. The second-order valence-electron chi connectivity index (χ2n) is 2.39. The molecular formula is C7H11N5O. The van der Waals surface area contributed by atoms with Crippen molar-refractivity contribution in [3.05, 3.63) is 6.20 Å². The van der Waals surface area contributed by atoms with Gasteiger partial charge >= 0.3 is 0 Å². The average molecular weight is 181 g/mol.